The highest BCUT2D eigenvalue weighted by atomic mass is 19.4. The van der Waals surface area contributed by atoms with Gasteiger partial charge in [0.15, 0.2) is 5.65 Å². The van der Waals surface area contributed by atoms with E-state index in [0.29, 0.717) is 12.3 Å². The van der Waals surface area contributed by atoms with Gasteiger partial charge in [0.25, 0.3) is 0 Å². The highest BCUT2D eigenvalue weighted by Crippen LogP contribution is 2.43. The molecular weight excluding hydrogens is 425 g/mol. The van der Waals surface area contributed by atoms with Crippen LogP contribution in [0.3, 0.4) is 0 Å². The lowest BCUT2D eigenvalue weighted by atomic mass is 9.79. The Kier molecular flexibility index (Phi) is 4.29. The number of aromatic nitrogens is 6. The SMILES string of the molecule is FC(F)(F)c1ncc(N2CC3(CCN(c4cnc5cnn(C6CCOC6)c5n4)C3)C2)cn1. The first-order valence-electron chi connectivity index (χ1n) is 10.6. The Bertz CT molecular complexity index is 1140. The normalized spacial score (nSPS) is 22.8. The Morgan fingerprint density at radius 3 is 2.50 bits per heavy atom. The standard InChI is InChI=1S/C20H21F3N8O/c21-20(22,23)18-25-5-14(6-26-18)30-11-19(12-30)2-3-29(10-19)16-8-24-15-7-27-31(17(15)28-16)13-1-4-32-9-13/h5-8,13H,1-4,9-12H2. The number of nitrogens with zero attached hydrogens (tertiary/aromatic N) is 8. The predicted molar refractivity (Wildman–Crippen MR) is 108 cm³/mol. The second-order valence-corrected chi connectivity index (χ2v) is 8.83. The summed E-state index contributed by atoms with van der Waals surface area (Å²) < 4.78 is 45.5. The van der Waals surface area contributed by atoms with Crippen molar-refractivity contribution in [1.82, 2.24) is 29.7 Å². The van der Waals surface area contributed by atoms with Crippen LogP contribution in [0, 0.1) is 5.41 Å². The van der Waals surface area contributed by atoms with Gasteiger partial charge < -0.3 is 14.5 Å². The van der Waals surface area contributed by atoms with Crippen LogP contribution in [0.25, 0.3) is 11.2 Å². The van der Waals surface area contributed by atoms with Crippen molar-refractivity contribution in [3.05, 3.63) is 30.6 Å². The third-order valence-corrected chi connectivity index (χ3v) is 6.61. The van der Waals surface area contributed by atoms with Gasteiger partial charge in [0, 0.05) is 38.2 Å². The summed E-state index contributed by atoms with van der Waals surface area (Å²) in [5.41, 5.74) is 2.24. The monoisotopic (exact) mass is 446 g/mol. The van der Waals surface area contributed by atoms with Crippen LogP contribution in [0.2, 0.25) is 0 Å². The number of anilines is 2. The summed E-state index contributed by atoms with van der Waals surface area (Å²) in [6.07, 6.45) is 3.41. The summed E-state index contributed by atoms with van der Waals surface area (Å²) in [5, 5.41) is 4.47. The lowest BCUT2D eigenvalue weighted by Gasteiger charge is -2.49. The van der Waals surface area contributed by atoms with Gasteiger partial charge in [0.1, 0.15) is 11.3 Å². The predicted octanol–water partition coefficient (Wildman–Crippen LogP) is 2.31. The number of rotatable bonds is 3. The fourth-order valence-electron chi connectivity index (χ4n) is 4.91. The van der Waals surface area contributed by atoms with Crippen LogP contribution in [0.1, 0.15) is 24.7 Å². The van der Waals surface area contributed by atoms with Crippen molar-refractivity contribution in [2.45, 2.75) is 25.1 Å². The molecule has 12 heteroatoms. The minimum Gasteiger partial charge on any atom is -0.379 e. The van der Waals surface area contributed by atoms with Gasteiger partial charge in [-0.05, 0) is 12.8 Å². The highest BCUT2D eigenvalue weighted by molar-refractivity contribution is 5.71. The molecule has 168 valence electrons. The van der Waals surface area contributed by atoms with Crippen molar-refractivity contribution < 1.29 is 17.9 Å². The molecule has 3 aromatic rings. The summed E-state index contributed by atoms with van der Waals surface area (Å²) in [5.74, 6) is -0.285. The Labute approximate surface area is 181 Å². The van der Waals surface area contributed by atoms with Crippen molar-refractivity contribution in [1.29, 1.82) is 0 Å². The molecule has 1 unspecified atom stereocenters. The molecule has 0 radical (unpaired) electrons. The van der Waals surface area contributed by atoms with Crippen molar-refractivity contribution in [3.8, 4) is 0 Å². The van der Waals surface area contributed by atoms with E-state index in [2.05, 4.69) is 25.0 Å². The fourth-order valence-corrected chi connectivity index (χ4v) is 4.91. The van der Waals surface area contributed by atoms with Crippen LogP contribution >= 0.6 is 0 Å². The Morgan fingerprint density at radius 1 is 1.00 bits per heavy atom. The van der Waals surface area contributed by atoms with Crippen molar-refractivity contribution in [3.63, 3.8) is 0 Å². The highest BCUT2D eigenvalue weighted by Gasteiger charge is 2.48. The first-order chi connectivity index (χ1) is 15.4. The molecule has 0 saturated carbocycles. The zero-order valence-electron chi connectivity index (χ0n) is 17.2. The number of alkyl halides is 3. The zero-order valence-corrected chi connectivity index (χ0v) is 17.2. The third-order valence-electron chi connectivity index (χ3n) is 6.61. The maximum absolute atomic E-state index is 12.7. The molecule has 3 fully saturated rings. The molecule has 3 aliphatic heterocycles. The topological polar surface area (TPSA) is 85.1 Å². The molecule has 6 heterocycles. The Balaban J connectivity index is 1.15. The van der Waals surface area contributed by atoms with E-state index >= 15 is 0 Å². The molecule has 6 rings (SSSR count). The lowest BCUT2D eigenvalue weighted by Crippen LogP contribution is -2.57. The van der Waals surface area contributed by atoms with Gasteiger partial charge in [-0.1, -0.05) is 0 Å². The minimum atomic E-state index is -4.52. The van der Waals surface area contributed by atoms with E-state index in [1.807, 2.05) is 9.58 Å². The molecule has 1 spiro atoms. The van der Waals surface area contributed by atoms with E-state index < -0.39 is 12.0 Å². The van der Waals surface area contributed by atoms with Gasteiger partial charge in [0.05, 0.1) is 43.1 Å². The van der Waals surface area contributed by atoms with Crippen molar-refractivity contribution in [2.24, 2.45) is 5.41 Å². The van der Waals surface area contributed by atoms with Crippen LogP contribution < -0.4 is 9.80 Å². The maximum atomic E-state index is 12.7. The first-order valence-corrected chi connectivity index (χ1v) is 10.6. The maximum Gasteiger partial charge on any atom is 0.451 e. The van der Waals surface area contributed by atoms with E-state index in [9.17, 15) is 13.2 Å². The van der Waals surface area contributed by atoms with Crippen LogP contribution in [0.5, 0.6) is 0 Å². The molecule has 3 aromatic heterocycles. The van der Waals surface area contributed by atoms with Crippen molar-refractivity contribution >= 4 is 22.7 Å². The number of halogens is 3. The summed E-state index contributed by atoms with van der Waals surface area (Å²) in [6.45, 7) is 4.56. The van der Waals surface area contributed by atoms with Gasteiger partial charge in [-0.25, -0.2) is 24.6 Å². The van der Waals surface area contributed by atoms with Gasteiger partial charge in [-0.15, -0.1) is 0 Å². The molecule has 0 bridgehead atoms. The smallest absolute Gasteiger partial charge is 0.379 e. The van der Waals surface area contributed by atoms with E-state index in [4.69, 9.17) is 9.72 Å². The van der Waals surface area contributed by atoms with Gasteiger partial charge in [-0.3, -0.25) is 0 Å². The molecule has 1 atom stereocenters. The van der Waals surface area contributed by atoms with E-state index in [1.165, 1.54) is 12.4 Å². The van der Waals surface area contributed by atoms with Gasteiger partial charge in [0.2, 0.25) is 5.82 Å². The molecule has 0 amide bonds. The molecule has 0 N–H and O–H groups in total. The molecule has 0 aromatic carbocycles. The van der Waals surface area contributed by atoms with E-state index in [0.717, 1.165) is 62.6 Å². The molecular formula is C20H21F3N8O. The van der Waals surface area contributed by atoms with Crippen LogP contribution in [-0.4, -0.2) is 69.1 Å². The molecule has 3 saturated heterocycles. The molecule has 0 aliphatic carbocycles. The average Bonchev–Trinajstić information content (AvgIpc) is 3.50. The number of hydrogen-bond acceptors (Lipinski definition) is 8. The molecule has 32 heavy (non-hydrogen) atoms. The number of ether oxygens (including phenoxy) is 1. The molecule has 9 nitrogen and oxygen atoms in total. The zero-order chi connectivity index (χ0) is 21.9. The largest absolute Gasteiger partial charge is 0.451 e. The quantitative estimate of drug-likeness (QED) is 0.606. The summed E-state index contributed by atoms with van der Waals surface area (Å²) in [6, 6.07) is 0.188. The molecule has 3 aliphatic rings. The van der Waals surface area contributed by atoms with Crippen LogP contribution in [0.4, 0.5) is 24.7 Å². The summed E-state index contributed by atoms with van der Waals surface area (Å²) >= 11 is 0. The minimum absolute atomic E-state index is 0.0822. The van der Waals surface area contributed by atoms with Crippen LogP contribution in [0.15, 0.2) is 24.8 Å². The summed E-state index contributed by atoms with van der Waals surface area (Å²) in [7, 11) is 0. The number of fused-ring (bicyclic) bond motifs is 1. The fraction of sp³-hybridized carbons (Fsp3) is 0.550. The summed E-state index contributed by atoms with van der Waals surface area (Å²) in [4.78, 5) is 20.6. The second-order valence-electron chi connectivity index (χ2n) is 8.83. The van der Waals surface area contributed by atoms with Gasteiger partial charge >= 0.3 is 6.18 Å². The second kappa shape index (κ2) is 6.99. The average molecular weight is 446 g/mol. The Morgan fingerprint density at radius 2 is 1.78 bits per heavy atom. The van der Waals surface area contributed by atoms with E-state index in [1.54, 1.807) is 12.4 Å². The number of hydrogen-bond donors (Lipinski definition) is 0. The third kappa shape index (κ3) is 3.24. The first kappa shape index (κ1) is 19.6. The van der Waals surface area contributed by atoms with Gasteiger partial charge in [-0.2, -0.15) is 18.3 Å². The lowest BCUT2D eigenvalue weighted by molar-refractivity contribution is -0.145. The van der Waals surface area contributed by atoms with Crippen molar-refractivity contribution in [2.75, 3.05) is 49.2 Å². The Hall–Kier alpha value is -3.02. The van der Waals surface area contributed by atoms with E-state index in [-0.39, 0.29) is 11.5 Å². The van der Waals surface area contributed by atoms with Crippen LogP contribution in [-0.2, 0) is 10.9 Å².